The molecule has 0 aliphatic carbocycles. The summed E-state index contributed by atoms with van der Waals surface area (Å²) in [6, 6.07) is 8.14. The zero-order valence-corrected chi connectivity index (χ0v) is 12.1. The largest absolute Gasteiger partial charge is 0.492 e. The van der Waals surface area contributed by atoms with Gasteiger partial charge in [-0.1, -0.05) is 17.7 Å². The molecule has 102 valence electrons. The molecule has 3 nitrogen and oxygen atoms in total. The molecule has 5 heteroatoms. The molecule has 1 N–H and O–H groups in total. The Morgan fingerprint density at radius 3 is 3.06 bits per heavy atom. The van der Waals surface area contributed by atoms with Crippen LogP contribution in [0.3, 0.4) is 0 Å². The molecule has 1 fully saturated rings. The van der Waals surface area contributed by atoms with Crippen LogP contribution < -0.4 is 10.1 Å². The number of rotatable bonds is 4. The molecule has 18 heavy (non-hydrogen) atoms. The first kappa shape index (κ1) is 15.6. The monoisotopic (exact) mass is 290 g/mol. The minimum absolute atomic E-state index is 0. The molecule has 2 rings (SSSR count). The predicted molar refractivity (Wildman–Crippen MR) is 78.1 cm³/mol. The van der Waals surface area contributed by atoms with E-state index < -0.39 is 0 Å². The van der Waals surface area contributed by atoms with Crippen molar-refractivity contribution in [3.05, 3.63) is 29.3 Å². The molecule has 1 saturated heterocycles. The number of ether oxygens (including phenoxy) is 1. The van der Waals surface area contributed by atoms with E-state index in [1.807, 2.05) is 24.3 Å². The van der Waals surface area contributed by atoms with Crippen molar-refractivity contribution in [3.63, 3.8) is 0 Å². The van der Waals surface area contributed by atoms with Crippen molar-refractivity contribution < 1.29 is 4.74 Å². The molecule has 0 amide bonds. The highest BCUT2D eigenvalue weighted by Crippen LogP contribution is 2.17. The SMILES string of the molecule is C[C@H]1CNCCN1CCOc1cccc(Cl)c1.Cl. The van der Waals surface area contributed by atoms with Gasteiger partial charge in [-0.2, -0.15) is 0 Å². The summed E-state index contributed by atoms with van der Waals surface area (Å²) in [6.45, 7) is 7.16. The Labute approximate surface area is 120 Å². The Hall–Kier alpha value is -0.480. The highest BCUT2D eigenvalue weighted by molar-refractivity contribution is 6.30. The molecule has 0 bridgehead atoms. The lowest BCUT2D eigenvalue weighted by atomic mass is 10.2. The minimum Gasteiger partial charge on any atom is -0.492 e. The summed E-state index contributed by atoms with van der Waals surface area (Å²) in [5.74, 6) is 0.847. The minimum atomic E-state index is 0. The molecule has 1 atom stereocenters. The fraction of sp³-hybridized carbons (Fsp3) is 0.538. The average molecular weight is 291 g/mol. The van der Waals surface area contributed by atoms with Gasteiger partial charge in [0.25, 0.3) is 0 Å². The van der Waals surface area contributed by atoms with Gasteiger partial charge in [-0.25, -0.2) is 0 Å². The number of hydrogen-bond donors (Lipinski definition) is 1. The Kier molecular flexibility index (Phi) is 6.79. The maximum atomic E-state index is 5.90. The van der Waals surface area contributed by atoms with E-state index in [-0.39, 0.29) is 12.4 Å². The fourth-order valence-electron chi connectivity index (χ4n) is 2.05. The van der Waals surface area contributed by atoms with E-state index in [1.54, 1.807) is 0 Å². The maximum Gasteiger partial charge on any atom is 0.120 e. The number of benzene rings is 1. The van der Waals surface area contributed by atoms with Crippen molar-refractivity contribution in [3.8, 4) is 5.75 Å². The smallest absolute Gasteiger partial charge is 0.120 e. The molecule has 1 aliphatic rings. The normalized spacial score (nSPS) is 20.2. The van der Waals surface area contributed by atoms with Gasteiger partial charge >= 0.3 is 0 Å². The van der Waals surface area contributed by atoms with Gasteiger partial charge in [0.15, 0.2) is 0 Å². The van der Waals surface area contributed by atoms with Crippen molar-refractivity contribution >= 4 is 24.0 Å². The zero-order valence-electron chi connectivity index (χ0n) is 10.6. The Bertz CT molecular complexity index is 363. The fourth-order valence-corrected chi connectivity index (χ4v) is 2.23. The van der Waals surface area contributed by atoms with E-state index >= 15 is 0 Å². The predicted octanol–water partition coefficient (Wildman–Crippen LogP) is 2.43. The average Bonchev–Trinajstić information content (AvgIpc) is 2.32. The summed E-state index contributed by atoms with van der Waals surface area (Å²) < 4.78 is 5.69. The van der Waals surface area contributed by atoms with E-state index in [4.69, 9.17) is 16.3 Å². The number of halogens is 2. The molecule has 1 heterocycles. The van der Waals surface area contributed by atoms with E-state index in [0.29, 0.717) is 12.6 Å². The first-order valence-electron chi connectivity index (χ1n) is 6.09. The van der Waals surface area contributed by atoms with Crippen molar-refractivity contribution in [2.24, 2.45) is 0 Å². The molecule has 1 aliphatic heterocycles. The molecule has 0 aromatic heterocycles. The van der Waals surface area contributed by atoms with Gasteiger partial charge in [0, 0.05) is 37.2 Å². The number of piperazine rings is 1. The van der Waals surface area contributed by atoms with Crippen LogP contribution >= 0.6 is 24.0 Å². The second-order valence-corrected chi connectivity index (χ2v) is 4.83. The molecular formula is C13H20Cl2N2O. The summed E-state index contributed by atoms with van der Waals surface area (Å²) in [5, 5.41) is 4.10. The number of hydrogen-bond acceptors (Lipinski definition) is 3. The van der Waals surface area contributed by atoms with E-state index in [9.17, 15) is 0 Å². The summed E-state index contributed by atoms with van der Waals surface area (Å²) in [5.41, 5.74) is 0. The summed E-state index contributed by atoms with van der Waals surface area (Å²) >= 11 is 5.90. The lowest BCUT2D eigenvalue weighted by molar-refractivity contribution is 0.143. The number of nitrogens with zero attached hydrogens (tertiary/aromatic N) is 1. The van der Waals surface area contributed by atoms with Crippen LogP contribution in [0.15, 0.2) is 24.3 Å². The van der Waals surface area contributed by atoms with Crippen molar-refractivity contribution in [1.29, 1.82) is 0 Å². The van der Waals surface area contributed by atoms with E-state index in [0.717, 1.165) is 37.0 Å². The van der Waals surface area contributed by atoms with Crippen molar-refractivity contribution in [2.75, 3.05) is 32.8 Å². The van der Waals surface area contributed by atoms with Gasteiger partial charge in [-0.05, 0) is 25.1 Å². The second kappa shape index (κ2) is 7.85. The van der Waals surface area contributed by atoms with Crippen LogP contribution in [0, 0.1) is 0 Å². The van der Waals surface area contributed by atoms with Crippen molar-refractivity contribution in [2.45, 2.75) is 13.0 Å². The van der Waals surface area contributed by atoms with Crippen LogP contribution in [-0.4, -0.2) is 43.7 Å². The van der Waals surface area contributed by atoms with Crippen LogP contribution in [0.1, 0.15) is 6.92 Å². The Morgan fingerprint density at radius 2 is 2.33 bits per heavy atom. The molecule has 0 saturated carbocycles. The Morgan fingerprint density at radius 1 is 1.50 bits per heavy atom. The molecule has 0 spiro atoms. The van der Waals surface area contributed by atoms with Crippen LogP contribution in [-0.2, 0) is 0 Å². The molecule has 1 aromatic rings. The third-order valence-corrected chi connectivity index (χ3v) is 3.32. The summed E-state index contributed by atoms with van der Waals surface area (Å²) in [7, 11) is 0. The van der Waals surface area contributed by atoms with E-state index in [2.05, 4.69) is 17.1 Å². The lowest BCUT2D eigenvalue weighted by Gasteiger charge is -2.33. The molecule has 1 aromatic carbocycles. The first-order chi connectivity index (χ1) is 8.25. The van der Waals surface area contributed by atoms with Gasteiger partial charge in [0.2, 0.25) is 0 Å². The van der Waals surface area contributed by atoms with E-state index in [1.165, 1.54) is 0 Å². The van der Waals surface area contributed by atoms with Gasteiger partial charge in [0.05, 0.1) is 0 Å². The topological polar surface area (TPSA) is 24.5 Å². The maximum absolute atomic E-state index is 5.90. The summed E-state index contributed by atoms with van der Waals surface area (Å²) in [4.78, 5) is 2.45. The highest BCUT2D eigenvalue weighted by Gasteiger charge is 2.16. The zero-order chi connectivity index (χ0) is 12.1. The van der Waals surface area contributed by atoms with Crippen LogP contribution in [0.4, 0.5) is 0 Å². The van der Waals surface area contributed by atoms with Gasteiger partial charge in [-0.15, -0.1) is 12.4 Å². The van der Waals surface area contributed by atoms with Crippen LogP contribution in [0.2, 0.25) is 5.02 Å². The van der Waals surface area contributed by atoms with Gasteiger partial charge < -0.3 is 10.1 Å². The highest BCUT2D eigenvalue weighted by atomic mass is 35.5. The van der Waals surface area contributed by atoms with Crippen molar-refractivity contribution in [1.82, 2.24) is 10.2 Å². The molecule has 0 radical (unpaired) electrons. The standard InChI is InChI=1S/C13H19ClN2O.ClH/c1-11-10-15-5-6-16(11)7-8-17-13-4-2-3-12(14)9-13;/h2-4,9,11,15H,5-8,10H2,1H3;1H/t11-;/m0./s1. The number of nitrogens with one attached hydrogen (secondary N) is 1. The summed E-state index contributed by atoms with van der Waals surface area (Å²) in [6.07, 6.45) is 0. The lowest BCUT2D eigenvalue weighted by Crippen LogP contribution is -2.50. The van der Waals surface area contributed by atoms with Gasteiger partial charge in [0.1, 0.15) is 12.4 Å². The third-order valence-electron chi connectivity index (χ3n) is 3.08. The third kappa shape index (κ3) is 4.65. The molecular weight excluding hydrogens is 271 g/mol. The van der Waals surface area contributed by atoms with Gasteiger partial charge in [-0.3, -0.25) is 4.90 Å². The first-order valence-corrected chi connectivity index (χ1v) is 6.46. The second-order valence-electron chi connectivity index (χ2n) is 4.39. The van der Waals surface area contributed by atoms with Crippen LogP contribution in [0.5, 0.6) is 5.75 Å². The Balaban J connectivity index is 0.00000162. The quantitative estimate of drug-likeness (QED) is 0.922. The molecule has 0 unspecified atom stereocenters. The van der Waals surface area contributed by atoms with Crippen LogP contribution in [0.25, 0.3) is 0 Å².